The highest BCUT2D eigenvalue weighted by Crippen LogP contribution is 2.49. The maximum absolute atomic E-state index is 13.5. The predicted octanol–water partition coefficient (Wildman–Crippen LogP) is 2.93. The fourth-order valence-corrected chi connectivity index (χ4v) is 2.87. The average molecular weight is 325 g/mol. The van der Waals surface area contributed by atoms with Crippen molar-refractivity contribution in [1.82, 2.24) is 4.90 Å². The normalized spacial score (nSPS) is 27.6. The maximum atomic E-state index is 13.5. The molecule has 3 rings (SSSR count). The summed E-state index contributed by atoms with van der Waals surface area (Å²) in [5, 5.41) is 9.07. The molecule has 1 aliphatic carbocycles. The van der Waals surface area contributed by atoms with Crippen LogP contribution in [0.3, 0.4) is 0 Å². The van der Waals surface area contributed by atoms with Gasteiger partial charge in [-0.15, -0.1) is 0 Å². The summed E-state index contributed by atoms with van der Waals surface area (Å²) in [6.07, 6.45) is 0.337. The Bertz CT molecular complexity index is 586. The highest BCUT2D eigenvalue weighted by atomic mass is 79.9. The second-order valence-electron chi connectivity index (χ2n) is 4.83. The van der Waals surface area contributed by atoms with Gasteiger partial charge in [0.1, 0.15) is 6.04 Å². The van der Waals surface area contributed by atoms with Crippen LogP contribution < -0.4 is 4.74 Å². The number of carbonyl (C=O) groups is 1. The number of fused-ring (bicyclic) bond motifs is 1. The molecule has 1 aromatic carbocycles. The fraction of sp³-hybridized carbons (Fsp3) is 0.385. The molecule has 1 aliphatic heterocycles. The van der Waals surface area contributed by atoms with Gasteiger partial charge in [0.05, 0.1) is 6.07 Å². The largest absolute Gasteiger partial charge is 0.416 e. The number of piperidine rings is 1. The van der Waals surface area contributed by atoms with Gasteiger partial charge < -0.3 is 4.74 Å². The third-order valence-corrected chi connectivity index (χ3v) is 4.10. The molecule has 6 heteroatoms. The molecular weight excluding hydrogens is 315 g/mol. The molecule has 0 radical (unpaired) electrons. The quantitative estimate of drug-likeness (QED) is 0.798. The molecule has 0 aromatic heterocycles. The van der Waals surface area contributed by atoms with Crippen molar-refractivity contribution in [3.63, 3.8) is 0 Å². The molecule has 1 saturated heterocycles. The zero-order valence-corrected chi connectivity index (χ0v) is 11.4. The van der Waals surface area contributed by atoms with Gasteiger partial charge in [0.2, 0.25) is 0 Å². The van der Waals surface area contributed by atoms with Crippen molar-refractivity contribution in [2.45, 2.75) is 12.5 Å². The van der Waals surface area contributed by atoms with Crippen LogP contribution in [0.15, 0.2) is 22.7 Å². The van der Waals surface area contributed by atoms with E-state index in [0.717, 1.165) is 6.42 Å². The van der Waals surface area contributed by atoms with Crippen LogP contribution in [0.25, 0.3) is 0 Å². The van der Waals surface area contributed by atoms with E-state index in [2.05, 4.69) is 22.0 Å². The smallest absolute Gasteiger partial charge is 0.407 e. The van der Waals surface area contributed by atoms with Gasteiger partial charge in [-0.1, -0.05) is 15.9 Å². The summed E-state index contributed by atoms with van der Waals surface area (Å²) in [6.45, 7) is 0.525. The van der Waals surface area contributed by atoms with Gasteiger partial charge in [-0.25, -0.2) is 9.18 Å². The van der Waals surface area contributed by atoms with Gasteiger partial charge in [-0.2, -0.15) is 5.26 Å². The average Bonchev–Trinajstić information content (AvgIpc) is 3.05. The minimum Gasteiger partial charge on any atom is -0.407 e. The van der Waals surface area contributed by atoms with Crippen molar-refractivity contribution in [3.05, 3.63) is 28.5 Å². The second kappa shape index (κ2) is 4.49. The Morgan fingerprint density at radius 3 is 3.11 bits per heavy atom. The lowest BCUT2D eigenvalue weighted by Gasteiger charge is -2.21. The first-order valence-corrected chi connectivity index (χ1v) is 6.72. The molecule has 98 valence electrons. The molecule has 2 fully saturated rings. The van der Waals surface area contributed by atoms with E-state index in [-0.39, 0.29) is 11.7 Å². The molecule has 0 spiro atoms. The Balaban J connectivity index is 1.75. The van der Waals surface area contributed by atoms with Crippen LogP contribution in [-0.2, 0) is 0 Å². The Morgan fingerprint density at radius 2 is 2.37 bits per heavy atom. The summed E-state index contributed by atoms with van der Waals surface area (Å²) in [5.41, 5.74) is 0. The number of hydrogen-bond donors (Lipinski definition) is 0. The topological polar surface area (TPSA) is 53.3 Å². The predicted molar refractivity (Wildman–Crippen MR) is 67.8 cm³/mol. The minimum absolute atomic E-state index is 0.128. The van der Waals surface area contributed by atoms with Crippen LogP contribution in [0.5, 0.6) is 5.75 Å². The zero-order valence-electron chi connectivity index (χ0n) is 9.85. The number of amides is 1. The van der Waals surface area contributed by atoms with Gasteiger partial charge in [0.25, 0.3) is 0 Å². The number of nitrogens with zero attached hydrogens (tertiary/aromatic N) is 2. The van der Waals surface area contributed by atoms with Gasteiger partial charge in [-0.05, 0) is 36.5 Å². The van der Waals surface area contributed by atoms with E-state index in [1.807, 2.05) is 0 Å². The fourth-order valence-electron chi connectivity index (χ4n) is 2.53. The standard InChI is InChI=1S/C13H10BrFN2O2/c14-8-1-2-10(15)12(4-8)19-13(18)17-6-7-3-9(7)11(17)5-16/h1-2,4,7,9,11H,3,6H2. The molecule has 0 N–H and O–H groups in total. The highest BCUT2D eigenvalue weighted by Gasteiger charge is 2.55. The molecule has 0 bridgehead atoms. The van der Waals surface area contributed by atoms with Crippen LogP contribution >= 0.6 is 15.9 Å². The number of ether oxygens (including phenoxy) is 1. The van der Waals surface area contributed by atoms with E-state index in [9.17, 15) is 9.18 Å². The van der Waals surface area contributed by atoms with Gasteiger partial charge in [0, 0.05) is 11.0 Å². The Labute approximate surface area is 117 Å². The van der Waals surface area contributed by atoms with Crippen molar-refractivity contribution in [2.75, 3.05) is 6.54 Å². The van der Waals surface area contributed by atoms with Crippen molar-refractivity contribution >= 4 is 22.0 Å². The number of rotatable bonds is 1. The van der Waals surface area contributed by atoms with E-state index in [1.54, 1.807) is 0 Å². The van der Waals surface area contributed by atoms with Crippen LogP contribution in [0.1, 0.15) is 6.42 Å². The van der Waals surface area contributed by atoms with E-state index in [0.29, 0.717) is 16.9 Å². The van der Waals surface area contributed by atoms with E-state index < -0.39 is 18.0 Å². The molecule has 3 unspecified atom stereocenters. The first kappa shape index (κ1) is 12.4. The SMILES string of the molecule is N#CC1C2CC2CN1C(=O)Oc1cc(Br)ccc1F. The van der Waals surface area contributed by atoms with Crippen molar-refractivity contribution in [1.29, 1.82) is 5.26 Å². The monoisotopic (exact) mass is 324 g/mol. The number of nitriles is 1. The Kier molecular flexibility index (Phi) is 2.94. The Hall–Kier alpha value is -1.61. The zero-order chi connectivity index (χ0) is 13.6. The number of halogens is 2. The van der Waals surface area contributed by atoms with Crippen molar-refractivity contribution in [2.24, 2.45) is 11.8 Å². The van der Waals surface area contributed by atoms with E-state index in [1.165, 1.54) is 23.1 Å². The third-order valence-electron chi connectivity index (χ3n) is 3.61. The summed E-state index contributed by atoms with van der Waals surface area (Å²) in [7, 11) is 0. The summed E-state index contributed by atoms with van der Waals surface area (Å²) in [5.74, 6) is -0.0551. The second-order valence-corrected chi connectivity index (χ2v) is 5.74. The lowest BCUT2D eigenvalue weighted by Crippen LogP contribution is -2.39. The molecule has 3 atom stereocenters. The number of likely N-dealkylation sites (tertiary alicyclic amines) is 1. The van der Waals surface area contributed by atoms with Gasteiger partial charge in [0.15, 0.2) is 11.6 Å². The van der Waals surface area contributed by atoms with Gasteiger partial charge >= 0.3 is 6.09 Å². The summed E-state index contributed by atoms with van der Waals surface area (Å²) >= 11 is 3.19. The first-order valence-electron chi connectivity index (χ1n) is 5.93. The first-order chi connectivity index (χ1) is 9.10. The molecule has 1 heterocycles. The molecule has 1 amide bonds. The number of carbonyl (C=O) groups excluding carboxylic acids is 1. The van der Waals surface area contributed by atoms with Crippen LogP contribution in [0.2, 0.25) is 0 Å². The van der Waals surface area contributed by atoms with Gasteiger partial charge in [-0.3, -0.25) is 4.90 Å². The molecular formula is C13H10BrFN2O2. The maximum Gasteiger partial charge on any atom is 0.416 e. The highest BCUT2D eigenvalue weighted by molar-refractivity contribution is 9.10. The van der Waals surface area contributed by atoms with Crippen LogP contribution in [-0.4, -0.2) is 23.6 Å². The lowest BCUT2D eigenvalue weighted by atomic mass is 10.2. The van der Waals surface area contributed by atoms with Crippen molar-refractivity contribution in [3.8, 4) is 11.8 Å². The molecule has 1 aromatic rings. The molecule has 2 aliphatic rings. The molecule has 19 heavy (non-hydrogen) atoms. The minimum atomic E-state index is -0.657. The number of benzene rings is 1. The molecule has 1 saturated carbocycles. The summed E-state index contributed by atoms with van der Waals surface area (Å²) < 4.78 is 19.2. The van der Waals surface area contributed by atoms with E-state index in [4.69, 9.17) is 10.00 Å². The molecule has 4 nitrogen and oxygen atoms in total. The van der Waals surface area contributed by atoms with Crippen LogP contribution in [0, 0.1) is 29.0 Å². The Morgan fingerprint density at radius 1 is 1.58 bits per heavy atom. The number of hydrogen-bond acceptors (Lipinski definition) is 3. The van der Waals surface area contributed by atoms with E-state index >= 15 is 0 Å². The summed E-state index contributed by atoms with van der Waals surface area (Å²) in [4.78, 5) is 13.4. The third kappa shape index (κ3) is 2.19. The van der Waals surface area contributed by atoms with Crippen LogP contribution in [0.4, 0.5) is 9.18 Å². The lowest BCUT2D eigenvalue weighted by molar-refractivity contribution is 0.146. The van der Waals surface area contributed by atoms with Crippen molar-refractivity contribution < 1.29 is 13.9 Å². The summed E-state index contributed by atoms with van der Waals surface area (Å²) in [6, 6.07) is 5.82.